The van der Waals surface area contributed by atoms with E-state index in [9.17, 15) is 5.11 Å². The predicted octanol–water partition coefficient (Wildman–Crippen LogP) is 1.67. The lowest BCUT2D eigenvalue weighted by atomic mass is 10.2. The summed E-state index contributed by atoms with van der Waals surface area (Å²) in [4.78, 5) is 1.97. The van der Waals surface area contributed by atoms with Crippen molar-refractivity contribution in [2.24, 2.45) is 0 Å². The third kappa shape index (κ3) is 8.85. The molecule has 0 spiro atoms. The van der Waals surface area contributed by atoms with Crippen molar-refractivity contribution in [2.75, 3.05) is 46.6 Å². The first-order valence-electron chi connectivity index (χ1n) is 8.20. The van der Waals surface area contributed by atoms with E-state index in [0.29, 0.717) is 44.2 Å². The molecule has 0 saturated heterocycles. The van der Waals surface area contributed by atoms with Crippen LogP contribution >= 0.6 is 0 Å². The van der Waals surface area contributed by atoms with Gasteiger partial charge in [0.05, 0.1) is 37.6 Å². The number of nitrogens with zero attached hydrogens (tertiary/aromatic N) is 2. The number of nitriles is 1. The summed E-state index contributed by atoms with van der Waals surface area (Å²) in [5, 5.41) is 18.9. The topological polar surface area (TPSA) is 74.9 Å². The molecule has 0 heterocycles. The highest BCUT2D eigenvalue weighted by atomic mass is 16.5. The van der Waals surface area contributed by atoms with Crippen molar-refractivity contribution in [3.05, 3.63) is 29.8 Å². The molecule has 1 N–H and O–H groups in total. The van der Waals surface area contributed by atoms with Crippen LogP contribution < -0.4 is 4.74 Å². The van der Waals surface area contributed by atoms with Crippen LogP contribution in [-0.2, 0) is 9.47 Å². The Labute approximate surface area is 144 Å². The minimum Gasteiger partial charge on any atom is -0.491 e. The monoisotopic (exact) mass is 336 g/mol. The molecule has 0 saturated carbocycles. The number of hydrogen-bond acceptors (Lipinski definition) is 6. The second-order valence-corrected chi connectivity index (χ2v) is 5.87. The van der Waals surface area contributed by atoms with E-state index < -0.39 is 6.10 Å². The fourth-order valence-corrected chi connectivity index (χ4v) is 2.06. The van der Waals surface area contributed by atoms with Gasteiger partial charge in [0.2, 0.25) is 0 Å². The fourth-order valence-electron chi connectivity index (χ4n) is 2.06. The van der Waals surface area contributed by atoms with Gasteiger partial charge in [0.15, 0.2) is 0 Å². The van der Waals surface area contributed by atoms with E-state index in [0.717, 1.165) is 0 Å². The van der Waals surface area contributed by atoms with Crippen LogP contribution in [0, 0.1) is 11.3 Å². The van der Waals surface area contributed by atoms with Gasteiger partial charge in [-0.3, -0.25) is 0 Å². The molecule has 1 aromatic rings. The summed E-state index contributed by atoms with van der Waals surface area (Å²) in [5.74, 6) is 0.586. The second kappa shape index (κ2) is 11.8. The van der Waals surface area contributed by atoms with Crippen molar-refractivity contribution < 1.29 is 19.3 Å². The maximum absolute atomic E-state index is 9.94. The summed E-state index contributed by atoms with van der Waals surface area (Å²) in [5.41, 5.74) is 0.525. The first-order chi connectivity index (χ1) is 11.5. The molecule has 24 heavy (non-hydrogen) atoms. The maximum Gasteiger partial charge on any atom is 0.137 e. The van der Waals surface area contributed by atoms with Crippen LogP contribution in [0.15, 0.2) is 24.3 Å². The molecule has 0 bridgehead atoms. The van der Waals surface area contributed by atoms with E-state index in [1.165, 1.54) is 0 Å². The minimum absolute atomic E-state index is 0.191. The number of ether oxygens (including phenoxy) is 3. The number of aliphatic hydroxyl groups is 1. The summed E-state index contributed by atoms with van der Waals surface area (Å²) < 4.78 is 16.4. The van der Waals surface area contributed by atoms with Gasteiger partial charge in [0.1, 0.15) is 18.4 Å². The van der Waals surface area contributed by atoms with Crippen molar-refractivity contribution in [2.45, 2.75) is 26.1 Å². The molecule has 0 amide bonds. The first-order valence-corrected chi connectivity index (χ1v) is 8.20. The minimum atomic E-state index is -0.555. The Balaban J connectivity index is 2.15. The van der Waals surface area contributed by atoms with Gasteiger partial charge in [0, 0.05) is 13.1 Å². The Hall–Kier alpha value is -1.65. The fraction of sp³-hybridized carbons (Fsp3) is 0.611. The van der Waals surface area contributed by atoms with Gasteiger partial charge in [-0.05, 0) is 33.0 Å². The molecule has 0 unspecified atom stereocenters. The molecule has 1 atom stereocenters. The summed E-state index contributed by atoms with van der Waals surface area (Å²) in [6, 6.07) is 9.25. The van der Waals surface area contributed by atoms with Crippen LogP contribution in [0.5, 0.6) is 5.75 Å². The standard InChI is InChI=1S/C18H28N2O4/c1-15(2)23-11-10-22-14-17(21)13-20(3)8-9-24-18-7-5-4-6-16(18)12-19/h4-7,15,17,21H,8-11,13-14H2,1-3H3/t17-/m0/s1. The van der Waals surface area contributed by atoms with Crippen LogP contribution in [-0.4, -0.2) is 68.8 Å². The van der Waals surface area contributed by atoms with E-state index >= 15 is 0 Å². The average molecular weight is 336 g/mol. The number of rotatable bonds is 12. The second-order valence-electron chi connectivity index (χ2n) is 5.87. The zero-order valence-corrected chi connectivity index (χ0v) is 14.8. The SMILES string of the molecule is CC(C)OCCOC[C@@H](O)CN(C)CCOc1ccccc1C#N. The number of benzene rings is 1. The lowest BCUT2D eigenvalue weighted by Gasteiger charge is -2.21. The van der Waals surface area contributed by atoms with Crippen molar-refractivity contribution in [3.8, 4) is 11.8 Å². The smallest absolute Gasteiger partial charge is 0.137 e. The van der Waals surface area contributed by atoms with Crippen molar-refractivity contribution >= 4 is 0 Å². The van der Waals surface area contributed by atoms with Crippen LogP contribution in [0.3, 0.4) is 0 Å². The van der Waals surface area contributed by atoms with E-state index in [2.05, 4.69) is 6.07 Å². The van der Waals surface area contributed by atoms with Crippen LogP contribution in [0.2, 0.25) is 0 Å². The van der Waals surface area contributed by atoms with Crippen LogP contribution in [0.1, 0.15) is 19.4 Å². The molecular weight excluding hydrogens is 308 g/mol. The predicted molar refractivity (Wildman–Crippen MR) is 92.1 cm³/mol. The molecule has 1 rings (SSSR count). The Morgan fingerprint density at radius 2 is 1.96 bits per heavy atom. The molecule has 6 nitrogen and oxygen atoms in total. The molecule has 0 aromatic heterocycles. The Kier molecular flexibility index (Phi) is 10.0. The Morgan fingerprint density at radius 3 is 2.67 bits per heavy atom. The Morgan fingerprint density at radius 1 is 1.21 bits per heavy atom. The summed E-state index contributed by atoms with van der Waals surface area (Å²) in [7, 11) is 1.91. The van der Waals surface area contributed by atoms with Crippen molar-refractivity contribution in [1.29, 1.82) is 5.26 Å². The van der Waals surface area contributed by atoms with Crippen LogP contribution in [0.25, 0.3) is 0 Å². The largest absolute Gasteiger partial charge is 0.491 e. The van der Waals surface area contributed by atoms with E-state index in [1.807, 2.05) is 31.9 Å². The molecule has 0 aliphatic carbocycles. The molecule has 6 heteroatoms. The third-order valence-electron chi connectivity index (χ3n) is 3.25. The highest BCUT2D eigenvalue weighted by molar-refractivity contribution is 5.42. The van der Waals surface area contributed by atoms with Crippen molar-refractivity contribution in [3.63, 3.8) is 0 Å². The molecule has 1 aromatic carbocycles. The lowest BCUT2D eigenvalue weighted by Crippen LogP contribution is -2.35. The highest BCUT2D eigenvalue weighted by Crippen LogP contribution is 2.16. The number of aliphatic hydroxyl groups excluding tert-OH is 1. The molecule has 0 aliphatic heterocycles. The van der Waals surface area contributed by atoms with Gasteiger partial charge in [-0.15, -0.1) is 0 Å². The molecule has 0 fully saturated rings. The zero-order chi connectivity index (χ0) is 17.8. The average Bonchev–Trinajstić information content (AvgIpc) is 2.54. The number of likely N-dealkylation sites (N-methyl/N-ethyl adjacent to an activating group) is 1. The molecular formula is C18H28N2O4. The summed E-state index contributed by atoms with van der Waals surface area (Å²) in [6.07, 6.45) is -0.365. The van der Waals surface area contributed by atoms with Gasteiger partial charge in [-0.1, -0.05) is 12.1 Å². The van der Waals surface area contributed by atoms with E-state index in [1.54, 1.807) is 18.2 Å². The maximum atomic E-state index is 9.94. The molecule has 0 radical (unpaired) electrons. The zero-order valence-electron chi connectivity index (χ0n) is 14.8. The summed E-state index contributed by atoms with van der Waals surface area (Å²) in [6.45, 7) is 6.83. The highest BCUT2D eigenvalue weighted by Gasteiger charge is 2.09. The lowest BCUT2D eigenvalue weighted by molar-refractivity contribution is -0.0174. The van der Waals surface area contributed by atoms with E-state index in [4.69, 9.17) is 19.5 Å². The number of hydrogen-bond donors (Lipinski definition) is 1. The molecule has 134 valence electrons. The quantitative estimate of drug-likeness (QED) is 0.585. The van der Waals surface area contributed by atoms with Gasteiger partial charge >= 0.3 is 0 Å². The summed E-state index contributed by atoms with van der Waals surface area (Å²) >= 11 is 0. The van der Waals surface area contributed by atoms with Gasteiger partial charge < -0.3 is 24.2 Å². The van der Waals surface area contributed by atoms with Gasteiger partial charge in [0.25, 0.3) is 0 Å². The number of para-hydroxylation sites is 1. The van der Waals surface area contributed by atoms with Gasteiger partial charge in [-0.2, -0.15) is 5.26 Å². The molecule has 0 aliphatic rings. The normalized spacial score (nSPS) is 12.4. The van der Waals surface area contributed by atoms with Crippen molar-refractivity contribution in [1.82, 2.24) is 4.90 Å². The Bertz CT molecular complexity index is 502. The van der Waals surface area contributed by atoms with Crippen LogP contribution in [0.4, 0.5) is 0 Å². The van der Waals surface area contributed by atoms with Gasteiger partial charge in [-0.25, -0.2) is 0 Å². The third-order valence-corrected chi connectivity index (χ3v) is 3.25. The van der Waals surface area contributed by atoms with E-state index in [-0.39, 0.29) is 12.7 Å². The first kappa shape index (κ1) is 20.4.